The van der Waals surface area contributed by atoms with Crippen LogP contribution in [0.4, 0.5) is 10.5 Å². The minimum atomic E-state index is -1.56. The fraction of sp³-hybridized carbons (Fsp3) is 0.500. The van der Waals surface area contributed by atoms with Gasteiger partial charge in [-0.05, 0) is 62.3 Å². The summed E-state index contributed by atoms with van der Waals surface area (Å²) in [5.41, 5.74) is 0.884. The van der Waals surface area contributed by atoms with Crippen molar-refractivity contribution < 1.29 is 67.0 Å². The van der Waals surface area contributed by atoms with Crippen LogP contribution >= 0.6 is 0 Å². The number of nitrogens with zero attached hydrogens (tertiary/aromatic N) is 1. The molecule has 0 aromatic heterocycles. The van der Waals surface area contributed by atoms with Crippen LogP contribution in [0.3, 0.4) is 0 Å². The number of nitro benzene ring substituents is 1. The number of rotatable bonds is 25. The van der Waals surface area contributed by atoms with E-state index < -0.39 is 89.1 Å². The summed E-state index contributed by atoms with van der Waals surface area (Å²) in [7, 11) is 1.11. The fourth-order valence-corrected chi connectivity index (χ4v) is 5.34. The van der Waals surface area contributed by atoms with Crippen molar-refractivity contribution in [1.82, 2.24) is 21.3 Å². The van der Waals surface area contributed by atoms with Crippen LogP contribution < -0.4 is 21.3 Å². The molecule has 20 heteroatoms. The van der Waals surface area contributed by atoms with Crippen LogP contribution in [0.5, 0.6) is 0 Å². The summed E-state index contributed by atoms with van der Waals surface area (Å²) >= 11 is 0. The Labute approximate surface area is 346 Å². The maximum absolute atomic E-state index is 13.9. The van der Waals surface area contributed by atoms with Crippen LogP contribution in [0.25, 0.3) is 0 Å². The van der Waals surface area contributed by atoms with Gasteiger partial charge >= 0.3 is 30.0 Å². The van der Waals surface area contributed by atoms with E-state index in [1.54, 1.807) is 58.0 Å². The van der Waals surface area contributed by atoms with Crippen LogP contribution in [-0.4, -0.2) is 97.1 Å². The first-order chi connectivity index (χ1) is 28.6. The van der Waals surface area contributed by atoms with Gasteiger partial charge in [-0.15, -0.1) is 0 Å². The van der Waals surface area contributed by atoms with Gasteiger partial charge in [-0.2, -0.15) is 0 Å². The van der Waals surface area contributed by atoms with E-state index in [-0.39, 0.29) is 64.2 Å². The van der Waals surface area contributed by atoms with E-state index in [1.807, 2.05) is 0 Å². The third kappa shape index (κ3) is 18.3. The van der Waals surface area contributed by atoms with E-state index in [9.17, 15) is 48.5 Å². The van der Waals surface area contributed by atoms with Gasteiger partial charge in [0.05, 0.1) is 25.2 Å². The predicted octanol–water partition coefficient (Wildman–Crippen LogP) is 2.68. The molecule has 0 heterocycles. The van der Waals surface area contributed by atoms with Gasteiger partial charge in [0, 0.05) is 31.4 Å². The van der Waals surface area contributed by atoms with E-state index in [4.69, 9.17) is 23.7 Å². The number of carbonyl (C=O) groups excluding carboxylic acids is 8. The maximum Gasteiger partial charge on any atom is 0.408 e. The molecule has 0 radical (unpaired) electrons. The summed E-state index contributed by atoms with van der Waals surface area (Å²) in [5.74, 6) is -6.44. The molecule has 0 saturated heterocycles. The number of methoxy groups -OCH3 is 1. The van der Waals surface area contributed by atoms with Gasteiger partial charge in [-0.1, -0.05) is 44.2 Å². The van der Waals surface area contributed by atoms with Crippen molar-refractivity contribution in [3.63, 3.8) is 0 Å². The molecule has 4 atom stereocenters. The maximum atomic E-state index is 13.9. The lowest BCUT2D eigenvalue weighted by Crippen LogP contribution is -2.58. The Morgan fingerprint density at radius 2 is 1.07 bits per heavy atom. The van der Waals surface area contributed by atoms with Crippen molar-refractivity contribution in [1.29, 1.82) is 0 Å². The second kappa shape index (κ2) is 26.4. The molecule has 0 aliphatic rings. The Morgan fingerprint density at radius 3 is 1.57 bits per heavy atom. The van der Waals surface area contributed by atoms with Crippen molar-refractivity contribution in [3.05, 3.63) is 75.8 Å². The Balaban J connectivity index is 2.33. The molecule has 0 spiro atoms. The lowest BCUT2D eigenvalue weighted by Gasteiger charge is -2.27. The summed E-state index contributed by atoms with van der Waals surface area (Å²) in [5, 5.41) is 20.9. The number of hydrogen-bond acceptors (Lipinski definition) is 15. The normalized spacial score (nSPS) is 12.6. The average molecular weight is 844 g/mol. The van der Waals surface area contributed by atoms with E-state index >= 15 is 0 Å². The fourth-order valence-electron chi connectivity index (χ4n) is 5.34. The van der Waals surface area contributed by atoms with Crippen LogP contribution in [0.15, 0.2) is 54.6 Å². The molecular formula is C40H53N5O15. The zero-order chi connectivity index (χ0) is 44.6. The molecule has 2 aromatic rings. The van der Waals surface area contributed by atoms with E-state index in [2.05, 4.69) is 21.3 Å². The highest BCUT2D eigenvalue weighted by Gasteiger charge is 2.34. The van der Waals surface area contributed by atoms with Crippen LogP contribution in [0.2, 0.25) is 0 Å². The molecule has 0 aliphatic heterocycles. The predicted molar refractivity (Wildman–Crippen MR) is 210 cm³/mol. The molecule has 0 aliphatic carbocycles. The molecule has 0 bridgehead atoms. The van der Waals surface area contributed by atoms with Gasteiger partial charge in [-0.25, -0.2) is 9.59 Å². The monoisotopic (exact) mass is 843 g/mol. The molecular weight excluding hydrogens is 790 g/mol. The molecule has 4 N–H and O–H groups in total. The van der Waals surface area contributed by atoms with Crippen molar-refractivity contribution >= 4 is 53.4 Å². The van der Waals surface area contributed by atoms with Gasteiger partial charge in [0.25, 0.3) is 5.69 Å². The minimum absolute atomic E-state index is 0.0376. The second-order valence-corrected chi connectivity index (χ2v) is 13.4. The minimum Gasteiger partial charge on any atom is -0.469 e. The van der Waals surface area contributed by atoms with Crippen molar-refractivity contribution in [2.24, 2.45) is 5.92 Å². The summed E-state index contributed by atoms with van der Waals surface area (Å²) in [4.78, 5) is 114. The zero-order valence-corrected chi connectivity index (χ0v) is 34.2. The van der Waals surface area contributed by atoms with Gasteiger partial charge < -0.3 is 45.0 Å². The van der Waals surface area contributed by atoms with Crippen LogP contribution in [0.1, 0.15) is 77.3 Å². The van der Waals surface area contributed by atoms with E-state index in [1.165, 1.54) is 24.3 Å². The number of hydrogen-bond donors (Lipinski definition) is 4. The zero-order valence-electron chi connectivity index (χ0n) is 34.2. The number of ether oxygens (including phenoxy) is 5. The summed E-state index contributed by atoms with van der Waals surface area (Å²) < 4.78 is 25.2. The highest BCUT2D eigenvalue weighted by molar-refractivity contribution is 5.95. The highest BCUT2D eigenvalue weighted by atomic mass is 16.6. The Bertz CT molecular complexity index is 1770. The third-order valence-corrected chi connectivity index (χ3v) is 8.58. The van der Waals surface area contributed by atoms with Crippen LogP contribution in [0, 0.1) is 16.0 Å². The average Bonchev–Trinajstić information content (AvgIpc) is 3.22. The van der Waals surface area contributed by atoms with Gasteiger partial charge in [0.2, 0.25) is 17.7 Å². The highest BCUT2D eigenvalue weighted by Crippen LogP contribution is 2.14. The largest absolute Gasteiger partial charge is 0.469 e. The second-order valence-electron chi connectivity index (χ2n) is 13.4. The summed E-state index contributed by atoms with van der Waals surface area (Å²) in [6.07, 6.45) is -2.98. The standard InChI is InChI=1S/C40H53N5O15/c1-6-57-33(47)21-18-30(42-38(51)35(25(3)4)44-40(53)60-24-26-11-9-8-10-12-26)36(49)41-29(17-20-32(46)56-5)37(50)43-31(19-22-34(48)58-7-2)39(52)59-23-27-13-15-28(16-14-27)45(54)55/h8-16,25,29-31,35H,6-7,17-24H2,1-5H3,(H,41,49)(H,42,51)(H,43,50)(H,44,53)/t29-,30-,31-,35-/m0/s1. The molecule has 0 unspecified atom stereocenters. The van der Waals surface area contributed by atoms with E-state index in [0.717, 1.165) is 7.11 Å². The third-order valence-electron chi connectivity index (χ3n) is 8.58. The Hall–Kier alpha value is -6.60. The van der Waals surface area contributed by atoms with Gasteiger partial charge in [-0.3, -0.25) is 38.9 Å². The molecule has 4 amide bonds. The lowest BCUT2D eigenvalue weighted by molar-refractivity contribution is -0.384. The molecule has 0 fully saturated rings. The van der Waals surface area contributed by atoms with E-state index in [0.29, 0.717) is 11.1 Å². The first-order valence-corrected chi connectivity index (χ1v) is 19.2. The number of nitro groups is 1. The molecule has 328 valence electrons. The number of amides is 4. The van der Waals surface area contributed by atoms with Crippen LogP contribution in [-0.2, 0) is 70.5 Å². The quantitative estimate of drug-likeness (QED) is 0.0484. The molecule has 20 nitrogen and oxygen atoms in total. The first-order valence-electron chi connectivity index (χ1n) is 19.2. The summed E-state index contributed by atoms with van der Waals surface area (Å²) in [6.45, 7) is 6.07. The number of benzene rings is 2. The number of alkyl carbamates (subject to hydrolysis) is 1. The van der Waals surface area contributed by atoms with Crippen molar-refractivity contribution in [2.75, 3.05) is 20.3 Å². The van der Waals surface area contributed by atoms with Crippen molar-refractivity contribution in [3.8, 4) is 0 Å². The first kappa shape index (κ1) is 49.5. The number of carbonyl (C=O) groups is 8. The number of nitrogens with one attached hydrogen (secondary N) is 4. The molecule has 60 heavy (non-hydrogen) atoms. The van der Waals surface area contributed by atoms with Gasteiger partial charge in [0.15, 0.2) is 0 Å². The summed E-state index contributed by atoms with van der Waals surface area (Å²) in [6, 6.07) is 8.18. The van der Waals surface area contributed by atoms with Crippen molar-refractivity contribution in [2.45, 2.75) is 104 Å². The number of esters is 4. The lowest BCUT2D eigenvalue weighted by atomic mass is 10.0. The molecule has 2 rings (SSSR count). The Kier molecular flexibility index (Phi) is 21.8. The smallest absolute Gasteiger partial charge is 0.408 e. The topological polar surface area (TPSA) is 274 Å². The molecule has 2 aromatic carbocycles. The van der Waals surface area contributed by atoms with Gasteiger partial charge in [0.1, 0.15) is 37.4 Å². The Morgan fingerprint density at radius 1 is 0.600 bits per heavy atom. The molecule has 0 saturated carbocycles. The SMILES string of the molecule is CCOC(=O)CC[C@H](NC(=O)[C@@H](NC(=O)OCc1ccccc1)C(C)C)C(=O)N[C@@H](CCC(=O)OC)C(=O)N[C@@H](CCC(=O)OCC)C(=O)OCc1ccc([N+](=O)[O-])cc1. The number of non-ortho nitro benzene ring substituents is 1.